The lowest BCUT2D eigenvalue weighted by molar-refractivity contribution is 0.102. The molecule has 0 aliphatic carbocycles. The summed E-state index contributed by atoms with van der Waals surface area (Å²) in [6, 6.07) is 21.2. The zero-order chi connectivity index (χ0) is 21.7. The molecule has 0 aromatic heterocycles. The normalized spacial score (nSPS) is 11.0. The van der Waals surface area contributed by atoms with Crippen molar-refractivity contribution in [3.63, 3.8) is 0 Å². The van der Waals surface area contributed by atoms with Crippen LogP contribution in [0.15, 0.2) is 72.8 Å². The number of carbonyl (C=O) groups excluding carboxylic acids is 1. The molecule has 0 atom stereocenters. The minimum absolute atomic E-state index is 0.219. The number of nitrogens with zero attached hydrogens (tertiary/aromatic N) is 1. The van der Waals surface area contributed by atoms with Crippen LogP contribution in [0.2, 0.25) is 0 Å². The van der Waals surface area contributed by atoms with Crippen LogP contribution >= 0.6 is 0 Å². The van der Waals surface area contributed by atoms with Crippen LogP contribution in [0.1, 0.15) is 21.5 Å². The molecule has 30 heavy (non-hydrogen) atoms. The first kappa shape index (κ1) is 21.4. The van der Waals surface area contributed by atoms with Crippen LogP contribution in [0, 0.1) is 6.92 Å². The lowest BCUT2D eigenvalue weighted by atomic mass is 10.1. The molecule has 0 heterocycles. The zero-order valence-corrected chi connectivity index (χ0v) is 17.9. The summed E-state index contributed by atoms with van der Waals surface area (Å²) in [5.74, 6) is 0.419. The van der Waals surface area contributed by atoms with E-state index in [2.05, 4.69) is 5.32 Å². The first-order valence-corrected chi connectivity index (χ1v) is 11.2. The molecule has 3 rings (SSSR count). The summed E-state index contributed by atoms with van der Waals surface area (Å²) in [4.78, 5) is 12.5. The van der Waals surface area contributed by atoms with Gasteiger partial charge in [-0.1, -0.05) is 29.8 Å². The Balaban J connectivity index is 1.77. The van der Waals surface area contributed by atoms with Gasteiger partial charge in [-0.25, -0.2) is 8.42 Å². The van der Waals surface area contributed by atoms with E-state index < -0.39 is 10.0 Å². The molecule has 0 saturated carbocycles. The Labute approximate surface area is 177 Å². The number of aryl methyl sites for hydroxylation is 1. The maximum atomic E-state index is 12.5. The van der Waals surface area contributed by atoms with Crippen molar-refractivity contribution in [1.82, 2.24) is 0 Å². The Bertz CT molecular complexity index is 1110. The van der Waals surface area contributed by atoms with Crippen LogP contribution in [0.3, 0.4) is 0 Å². The number of carbonyl (C=O) groups is 1. The Hall–Kier alpha value is -3.32. The van der Waals surface area contributed by atoms with Gasteiger partial charge in [0.2, 0.25) is 10.0 Å². The van der Waals surface area contributed by atoms with Crippen LogP contribution < -0.4 is 14.4 Å². The second-order valence-electron chi connectivity index (χ2n) is 6.98. The van der Waals surface area contributed by atoms with E-state index in [-0.39, 0.29) is 12.5 Å². The number of hydrogen-bond donors (Lipinski definition) is 1. The Morgan fingerprint density at radius 3 is 2.07 bits per heavy atom. The summed E-state index contributed by atoms with van der Waals surface area (Å²) in [5, 5.41) is 2.81. The summed E-state index contributed by atoms with van der Waals surface area (Å²) in [5.41, 5.74) is 3.56. The quantitative estimate of drug-likeness (QED) is 0.616. The number of amides is 1. The van der Waals surface area contributed by atoms with Crippen molar-refractivity contribution in [3.05, 3.63) is 89.5 Å². The molecule has 3 aromatic rings. The van der Waals surface area contributed by atoms with Crippen molar-refractivity contribution in [1.29, 1.82) is 0 Å². The predicted molar refractivity (Wildman–Crippen MR) is 120 cm³/mol. The van der Waals surface area contributed by atoms with Gasteiger partial charge in [0.25, 0.3) is 5.91 Å². The maximum Gasteiger partial charge on any atom is 0.255 e. The summed E-state index contributed by atoms with van der Waals surface area (Å²) in [6.45, 7) is 2.20. The second kappa shape index (κ2) is 9.00. The van der Waals surface area contributed by atoms with Crippen LogP contribution in [-0.4, -0.2) is 27.7 Å². The van der Waals surface area contributed by atoms with E-state index in [0.717, 1.165) is 11.1 Å². The van der Waals surface area contributed by atoms with Gasteiger partial charge in [0.15, 0.2) is 0 Å². The molecule has 6 nitrogen and oxygen atoms in total. The van der Waals surface area contributed by atoms with Crippen LogP contribution in [0.4, 0.5) is 11.4 Å². The average molecular weight is 425 g/mol. The van der Waals surface area contributed by atoms with E-state index in [1.807, 2.05) is 31.2 Å². The van der Waals surface area contributed by atoms with Gasteiger partial charge in [-0.15, -0.1) is 0 Å². The first-order valence-electron chi connectivity index (χ1n) is 9.35. The molecule has 7 heteroatoms. The van der Waals surface area contributed by atoms with Crippen molar-refractivity contribution in [3.8, 4) is 5.75 Å². The highest BCUT2D eigenvalue weighted by molar-refractivity contribution is 7.92. The monoisotopic (exact) mass is 424 g/mol. The number of methoxy groups -OCH3 is 1. The molecule has 0 spiro atoms. The molecule has 0 fully saturated rings. The molecular formula is C23H24N2O4S. The summed E-state index contributed by atoms with van der Waals surface area (Å²) in [7, 11) is -1.92. The van der Waals surface area contributed by atoms with Crippen molar-refractivity contribution < 1.29 is 17.9 Å². The van der Waals surface area contributed by atoms with Gasteiger partial charge in [0, 0.05) is 11.3 Å². The number of benzene rings is 3. The summed E-state index contributed by atoms with van der Waals surface area (Å²) >= 11 is 0. The van der Waals surface area contributed by atoms with Crippen molar-refractivity contribution in [2.75, 3.05) is 23.0 Å². The fourth-order valence-corrected chi connectivity index (χ4v) is 3.80. The highest BCUT2D eigenvalue weighted by atomic mass is 32.2. The van der Waals surface area contributed by atoms with Gasteiger partial charge in [-0.05, 0) is 61.0 Å². The third-order valence-electron chi connectivity index (χ3n) is 4.61. The summed E-state index contributed by atoms with van der Waals surface area (Å²) in [6.07, 6.45) is 1.17. The largest absolute Gasteiger partial charge is 0.497 e. The molecule has 0 aliphatic heterocycles. The first-order chi connectivity index (χ1) is 14.3. The fraction of sp³-hybridized carbons (Fsp3) is 0.174. The van der Waals surface area contributed by atoms with Crippen molar-refractivity contribution >= 4 is 27.3 Å². The number of hydrogen-bond acceptors (Lipinski definition) is 4. The second-order valence-corrected chi connectivity index (χ2v) is 8.89. The lowest BCUT2D eigenvalue weighted by Gasteiger charge is -2.23. The zero-order valence-electron chi connectivity index (χ0n) is 17.1. The molecular weight excluding hydrogens is 400 g/mol. The Morgan fingerprint density at radius 2 is 1.53 bits per heavy atom. The van der Waals surface area contributed by atoms with E-state index in [1.54, 1.807) is 55.6 Å². The molecule has 0 saturated heterocycles. The minimum atomic E-state index is -3.49. The van der Waals surface area contributed by atoms with Crippen LogP contribution in [0.5, 0.6) is 5.75 Å². The molecule has 1 amide bonds. The lowest BCUT2D eigenvalue weighted by Crippen LogP contribution is -2.29. The molecule has 0 unspecified atom stereocenters. The van der Waals surface area contributed by atoms with E-state index >= 15 is 0 Å². The Morgan fingerprint density at radius 1 is 0.933 bits per heavy atom. The molecule has 1 N–H and O–H groups in total. The third kappa shape index (κ3) is 5.39. The fourth-order valence-electron chi connectivity index (χ4n) is 2.92. The van der Waals surface area contributed by atoms with Crippen molar-refractivity contribution in [2.24, 2.45) is 0 Å². The number of ether oxygens (including phenoxy) is 1. The van der Waals surface area contributed by atoms with Gasteiger partial charge >= 0.3 is 0 Å². The van der Waals surface area contributed by atoms with Gasteiger partial charge < -0.3 is 10.1 Å². The van der Waals surface area contributed by atoms with Crippen LogP contribution in [0.25, 0.3) is 0 Å². The minimum Gasteiger partial charge on any atom is -0.497 e. The van der Waals surface area contributed by atoms with E-state index in [4.69, 9.17) is 4.74 Å². The SMILES string of the molecule is COc1ccc(NC(=O)c2ccc(N(Cc3ccc(C)cc3)S(C)(=O)=O)cc2)cc1. The van der Waals surface area contributed by atoms with E-state index in [1.165, 1.54) is 10.6 Å². The van der Waals surface area contributed by atoms with Gasteiger partial charge in [-0.3, -0.25) is 9.10 Å². The van der Waals surface area contributed by atoms with Crippen molar-refractivity contribution in [2.45, 2.75) is 13.5 Å². The highest BCUT2D eigenvalue weighted by Gasteiger charge is 2.18. The molecule has 156 valence electrons. The highest BCUT2D eigenvalue weighted by Crippen LogP contribution is 2.22. The van der Waals surface area contributed by atoms with Crippen LogP contribution in [-0.2, 0) is 16.6 Å². The smallest absolute Gasteiger partial charge is 0.255 e. The van der Waals surface area contributed by atoms with Gasteiger partial charge in [-0.2, -0.15) is 0 Å². The third-order valence-corrected chi connectivity index (χ3v) is 5.75. The number of sulfonamides is 1. The van der Waals surface area contributed by atoms with Gasteiger partial charge in [0.05, 0.1) is 25.6 Å². The van der Waals surface area contributed by atoms with E-state index in [9.17, 15) is 13.2 Å². The standard InChI is InChI=1S/C23H24N2O4S/c1-17-4-6-18(7-5-17)16-25(30(3,27)28)21-12-8-19(9-13-21)23(26)24-20-10-14-22(29-2)15-11-20/h4-15H,16H2,1-3H3,(H,24,26). The molecule has 0 radical (unpaired) electrons. The average Bonchev–Trinajstić information content (AvgIpc) is 2.73. The number of anilines is 2. The number of nitrogens with one attached hydrogen (secondary N) is 1. The molecule has 0 bridgehead atoms. The Kier molecular flexibility index (Phi) is 6.42. The molecule has 3 aromatic carbocycles. The predicted octanol–water partition coefficient (Wildman–Crippen LogP) is 4.22. The molecule has 0 aliphatic rings. The topological polar surface area (TPSA) is 75.7 Å². The number of rotatable bonds is 7. The summed E-state index contributed by atoms with van der Waals surface area (Å²) < 4.78 is 31.1. The van der Waals surface area contributed by atoms with E-state index in [0.29, 0.717) is 22.7 Å². The maximum absolute atomic E-state index is 12.5. The van der Waals surface area contributed by atoms with Gasteiger partial charge in [0.1, 0.15) is 5.75 Å².